The zero-order valence-corrected chi connectivity index (χ0v) is 14.4. The average molecular weight is 342 g/mol. The van der Waals surface area contributed by atoms with Crippen molar-refractivity contribution >= 4 is 6.03 Å². The molecule has 0 saturated heterocycles. The largest absolute Gasteiger partial charge is 0.388 e. The third kappa shape index (κ3) is 5.06. The first-order valence-electron chi connectivity index (χ1n) is 9.02. The van der Waals surface area contributed by atoms with Crippen molar-refractivity contribution in [1.82, 2.24) is 20.2 Å². The molecule has 134 valence electrons. The predicted octanol–water partition coefficient (Wildman–Crippen LogP) is 2.18. The lowest BCUT2D eigenvalue weighted by atomic mass is 10.1. The Hall–Kier alpha value is -2.34. The van der Waals surface area contributed by atoms with Gasteiger partial charge in [0.25, 0.3) is 0 Å². The molecule has 6 heteroatoms. The molecule has 0 fully saturated rings. The summed E-state index contributed by atoms with van der Waals surface area (Å²) in [7, 11) is 0. The van der Waals surface area contributed by atoms with Crippen LogP contribution in [-0.2, 0) is 19.4 Å². The van der Waals surface area contributed by atoms with Gasteiger partial charge in [-0.3, -0.25) is 0 Å². The van der Waals surface area contributed by atoms with Gasteiger partial charge >= 0.3 is 6.03 Å². The number of benzene rings is 1. The molecule has 1 atom stereocenters. The Labute approximate surface area is 148 Å². The van der Waals surface area contributed by atoms with Crippen molar-refractivity contribution in [3.8, 4) is 0 Å². The molecule has 2 aromatic rings. The number of imidazole rings is 1. The Morgan fingerprint density at radius 1 is 1.20 bits per heavy atom. The smallest absolute Gasteiger partial charge is 0.314 e. The van der Waals surface area contributed by atoms with Crippen LogP contribution in [0.2, 0.25) is 0 Å². The first kappa shape index (κ1) is 17.5. The lowest BCUT2D eigenvalue weighted by molar-refractivity contribution is 0.167. The molecule has 0 bridgehead atoms. The Balaban J connectivity index is 1.32. The van der Waals surface area contributed by atoms with E-state index in [2.05, 4.69) is 26.4 Å². The van der Waals surface area contributed by atoms with E-state index in [0.717, 1.165) is 30.6 Å². The normalized spacial score (nSPS) is 14.6. The van der Waals surface area contributed by atoms with Gasteiger partial charge in [0.1, 0.15) is 5.82 Å². The number of urea groups is 1. The molecule has 6 nitrogen and oxygen atoms in total. The summed E-state index contributed by atoms with van der Waals surface area (Å²) in [5.74, 6) is 1.17. The number of hydrogen-bond acceptors (Lipinski definition) is 3. The molecular formula is C19H26N4O2. The third-order valence-electron chi connectivity index (χ3n) is 4.51. The Morgan fingerprint density at radius 3 is 2.80 bits per heavy atom. The molecule has 1 aromatic carbocycles. The van der Waals surface area contributed by atoms with Gasteiger partial charge in [-0.15, -0.1) is 0 Å². The molecular weight excluding hydrogens is 316 g/mol. The average Bonchev–Trinajstić information content (AvgIpc) is 3.05. The number of carbonyl (C=O) groups is 1. The highest BCUT2D eigenvalue weighted by Crippen LogP contribution is 2.15. The van der Waals surface area contributed by atoms with Crippen molar-refractivity contribution in [1.29, 1.82) is 0 Å². The van der Waals surface area contributed by atoms with Crippen LogP contribution in [0.4, 0.5) is 4.79 Å². The molecule has 2 amide bonds. The maximum atomic E-state index is 11.8. The summed E-state index contributed by atoms with van der Waals surface area (Å²) in [5, 5.41) is 15.7. The number of aliphatic hydroxyl groups excluding tert-OH is 1. The van der Waals surface area contributed by atoms with Crippen LogP contribution in [0.25, 0.3) is 0 Å². The lowest BCUT2D eigenvalue weighted by Gasteiger charge is -2.12. The van der Waals surface area contributed by atoms with Gasteiger partial charge in [-0.1, -0.05) is 30.3 Å². The Morgan fingerprint density at radius 2 is 2.00 bits per heavy atom. The number of nitrogens with one attached hydrogen (secondary N) is 2. The van der Waals surface area contributed by atoms with E-state index in [-0.39, 0.29) is 6.03 Å². The first-order chi connectivity index (χ1) is 12.2. The molecule has 0 unspecified atom stereocenters. The summed E-state index contributed by atoms with van der Waals surface area (Å²) < 4.78 is 2.23. The monoisotopic (exact) mass is 342 g/mol. The van der Waals surface area contributed by atoms with Crippen molar-refractivity contribution in [2.24, 2.45) is 0 Å². The molecule has 1 aliphatic heterocycles. The van der Waals surface area contributed by atoms with Gasteiger partial charge in [-0.05, 0) is 24.8 Å². The van der Waals surface area contributed by atoms with Crippen molar-refractivity contribution in [2.45, 2.75) is 44.8 Å². The van der Waals surface area contributed by atoms with Gasteiger partial charge in [0.05, 0.1) is 11.8 Å². The summed E-state index contributed by atoms with van der Waals surface area (Å²) in [4.78, 5) is 16.4. The lowest BCUT2D eigenvalue weighted by Crippen LogP contribution is -2.37. The van der Waals surface area contributed by atoms with Crippen LogP contribution in [0, 0.1) is 0 Å². The van der Waals surface area contributed by atoms with E-state index in [1.807, 2.05) is 30.3 Å². The molecule has 25 heavy (non-hydrogen) atoms. The molecule has 0 spiro atoms. The molecule has 2 heterocycles. The van der Waals surface area contributed by atoms with Gasteiger partial charge in [0.2, 0.25) is 0 Å². The van der Waals surface area contributed by atoms with Crippen LogP contribution >= 0.6 is 0 Å². The zero-order valence-electron chi connectivity index (χ0n) is 14.4. The number of amides is 2. The first-order valence-corrected chi connectivity index (χ1v) is 9.02. The van der Waals surface area contributed by atoms with E-state index >= 15 is 0 Å². The fourth-order valence-corrected chi connectivity index (χ4v) is 3.12. The molecule has 1 aliphatic rings. The summed E-state index contributed by atoms with van der Waals surface area (Å²) in [5.41, 5.74) is 1.91. The number of nitrogens with zero attached hydrogens (tertiary/aromatic N) is 2. The van der Waals surface area contributed by atoms with E-state index < -0.39 is 6.10 Å². The van der Waals surface area contributed by atoms with Crippen LogP contribution in [0.3, 0.4) is 0 Å². The minimum Gasteiger partial charge on any atom is -0.388 e. The van der Waals surface area contributed by atoms with Gasteiger partial charge in [0, 0.05) is 38.7 Å². The number of aliphatic hydroxyl groups is 1. The minimum atomic E-state index is -0.557. The SMILES string of the molecule is O=C(NCCc1cn2c(n1)CCCC2)NCC[C@@H](O)c1ccccc1. The van der Waals surface area contributed by atoms with Crippen molar-refractivity contribution < 1.29 is 9.90 Å². The fourth-order valence-electron chi connectivity index (χ4n) is 3.12. The third-order valence-corrected chi connectivity index (χ3v) is 4.51. The molecule has 0 radical (unpaired) electrons. The molecule has 0 saturated carbocycles. The summed E-state index contributed by atoms with van der Waals surface area (Å²) in [6.45, 7) is 2.05. The predicted molar refractivity (Wildman–Crippen MR) is 96.3 cm³/mol. The number of hydrogen-bond donors (Lipinski definition) is 3. The van der Waals surface area contributed by atoms with Crippen LogP contribution in [0.15, 0.2) is 36.5 Å². The van der Waals surface area contributed by atoms with Gasteiger partial charge in [-0.25, -0.2) is 9.78 Å². The number of rotatable bonds is 7. The highest BCUT2D eigenvalue weighted by molar-refractivity contribution is 5.73. The molecule has 1 aromatic heterocycles. The second kappa shape index (κ2) is 8.67. The summed E-state index contributed by atoms with van der Waals surface area (Å²) >= 11 is 0. The van der Waals surface area contributed by atoms with E-state index in [1.54, 1.807) is 0 Å². The second-order valence-corrected chi connectivity index (χ2v) is 6.45. The van der Waals surface area contributed by atoms with Crippen molar-refractivity contribution in [3.63, 3.8) is 0 Å². The quantitative estimate of drug-likeness (QED) is 0.722. The van der Waals surface area contributed by atoms with Crippen LogP contribution in [-0.4, -0.2) is 33.8 Å². The maximum Gasteiger partial charge on any atom is 0.314 e. The number of aryl methyl sites for hydroxylation is 2. The summed E-state index contributed by atoms with van der Waals surface area (Å²) in [6, 6.07) is 9.27. The topological polar surface area (TPSA) is 79.2 Å². The van der Waals surface area contributed by atoms with Gasteiger partial charge in [0.15, 0.2) is 0 Å². The van der Waals surface area contributed by atoms with Crippen LogP contribution < -0.4 is 10.6 Å². The van der Waals surface area contributed by atoms with Gasteiger partial charge in [-0.2, -0.15) is 0 Å². The van der Waals surface area contributed by atoms with E-state index in [1.165, 1.54) is 18.7 Å². The molecule has 3 N–H and O–H groups in total. The highest BCUT2D eigenvalue weighted by Gasteiger charge is 2.12. The highest BCUT2D eigenvalue weighted by atomic mass is 16.3. The maximum absolute atomic E-state index is 11.8. The Kier molecular flexibility index (Phi) is 6.06. The second-order valence-electron chi connectivity index (χ2n) is 6.45. The number of aromatic nitrogens is 2. The number of fused-ring (bicyclic) bond motifs is 1. The van der Waals surface area contributed by atoms with Crippen LogP contribution in [0.5, 0.6) is 0 Å². The fraction of sp³-hybridized carbons (Fsp3) is 0.474. The summed E-state index contributed by atoms with van der Waals surface area (Å²) in [6.07, 6.45) is 6.26. The zero-order chi connectivity index (χ0) is 17.5. The molecule has 0 aliphatic carbocycles. The van der Waals surface area contributed by atoms with E-state index in [9.17, 15) is 9.90 Å². The van der Waals surface area contributed by atoms with E-state index in [0.29, 0.717) is 19.5 Å². The Bertz CT molecular complexity index is 660. The van der Waals surface area contributed by atoms with Crippen molar-refractivity contribution in [2.75, 3.05) is 13.1 Å². The molecule has 3 rings (SSSR count). The number of carbonyl (C=O) groups excluding carboxylic acids is 1. The van der Waals surface area contributed by atoms with Crippen LogP contribution in [0.1, 0.15) is 42.4 Å². The standard InChI is InChI=1S/C19H26N4O2/c24-17(15-6-2-1-3-7-15)10-12-21-19(25)20-11-9-16-14-23-13-5-4-8-18(23)22-16/h1-3,6-7,14,17,24H,4-5,8-13H2,(H2,20,21,25)/t17-/m1/s1. The van der Waals surface area contributed by atoms with Gasteiger partial charge < -0.3 is 20.3 Å². The minimum absolute atomic E-state index is 0.204. The van der Waals surface area contributed by atoms with Crippen molar-refractivity contribution in [3.05, 3.63) is 53.6 Å². The van der Waals surface area contributed by atoms with E-state index in [4.69, 9.17) is 0 Å².